The Morgan fingerprint density at radius 2 is 1.60 bits per heavy atom. The number of nitrogens with one attached hydrogen (secondary N) is 1. The van der Waals surface area contributed by atoms with Gasteiger partial charge in [-0.15, -0.1) is 0 Å². The number of nitrogens with two attached hydrogens (primary N) is 1. The van der Waals surface area contributed by atoms with Crippen LogP contribution in [0, 0.1) is 0 Å². The lowest BCUT2D eigenvalue weighted by molar-refractivity contribution is -0.139. The van der Waals surface area contributed by atoms with Gasteiger partial charge in [-0.25, -0.2) is 4.79 Å². The van der Waals surface area contributed by atoms with E-state index in [1.54, 1.807) is 18.2 Å². The molecule has 0 aliphatic carbocycles. The van der Waals surface area contributed by atoms with Crippen LogP contribution >= 0.6 is 15.9 Å². The fourth-order valence-corrected chi connectivity index (χ4v) is 3.99. The summed E-state index contributed by atoms with van der Waals surface area (Å²) in [6.45, 7) is 0. The van der Waals surface area contributed by atoms with Crippen molar-refractivity contribution >= 4 is 33.5 Å². The molecule has 4 aromatic rings. The summed E-state index contributed by atoms with van der Waals surface area (Å²) in [5.41, 5.74) is 8.99. The van der Waals surface area contributed by atoms with Gasteiger partial charge in [-0.3, -0.25) is 4.79 Å². The first-order chi connectivity index (χ1) is 16.9. The highest BCUT2D eigenvalue weighted by atomic mass is 79.9. The average molecular weight is 531 g/mol. The van der Waals surface area contributed by atoms with Gasteiger partial charge in [0.25, 0.3) is 5.91 Å². The molecule has 4 aromatic carbocycles. The topological polar surface area (TPSA) is 102 Å². The molecule has 0 saturated heterocycles. The standard InChI is InChI=1S/C28H23BrN2O4/c29-20-14-15-24(30)23(17-20)27(32)31-25(28(33)34)16-18-10-12-19(13-11-18)22-8-4-5-9-26(22)35-21-6-2-1-3-7-21/h1-15,17,25H,16,30H2,(H,31,32)(H,33,34). The van der Waals surface area contributed by atoms with Gasteiger partial charge < -0.3 is 20.9 Å². The summed E-state index contributed by atoms with van der Waals surface area (Å²) >= 11 is 3.30. The lowest BCUT2D eigenvalue weighted by atomic mass is 9.99. The van der Waals surface area contributed by atoms with Crippen LogP contribution in [0.4, 0.5) is 5.69 Å². The van der Waals surface area contributed by atoms with Gasteiger partial charge in [-0.05, 0) is 47.5 Å². The number of carboxylic acids is 1. The van der Waals surface area contributed by atoms with E-state index in [2.05, 4.69) is 21.2 Å². The Hall–Kier alpha value is -4.10. The van der Waals surface area contributed by atoms with E-state index in [1.807, 2.05) is 78.9 Å². The van der Waals surface area contributed by atoms with Crippen molar-refractivity contribution in [3.05, 3.63) is 113 Å². The molecule has 0 spiro atoms. The van der Waals surface area contributed by atoms with Crippen LogP contribution in [0.25, 0.3) is 11.1 Å². The first-order valence-corrected chi connectivity index (χ1v) is 11.7. The number of ether oxygens (including phenoxy) is 1. The van der Waals surface area contributed by atoms with Gasteiger partial charge >= 0.3 is 5.97 Å². The van der Waals surface area contributed by atoms with E-state index in [1.165, 1.54) is 0 Å². The number of carbonyl (C=O) groups excluding carboxylic acids is 1. The first kappa shape index (κ1) is 24.0. The second-order valence-electron chi connectivity index (χ2n) is 7.91. The van der Waals surface area contributed by atoms with Gasteiger partial charge in [0.05, 0.1) is 5.56 Å². The van der Waals surface area contributed by atoms with Crippen LogP contribution in [0.1, 0.15) is 15.9 Å². The van der Waals surface area contributed by atoms with Crippen molar-refractivity contribution in [2.75, 3.05) is 5.73 Å². The van der Waals surface area contributed by atoms with Gasteiger partial charge in [0.2, 0.25) is 0 Å². The maximum atomic E-state index is 12.7. The highest BCUT2D eigenvalue weighted by molar-refractivity contribution is 9.10. The van der Waals surface area contributed by atoms with E-state index in [4.69, 9.17) is 10.5 Å². The molecule has 0 saturated carbocycles. The molecule has 0 aliphatic heterocycles. The Morgan fingerprint density at radius 3 is 2.31 bits per heavy atom. The molecule has 4 N–H and O–H groups in total. The van der Waals surface area contributed by atoms with Crippen LogP contribution in [-0.2, 0) is 11.2 Å². The molecule has 4 rings (SSSR count). The summed E-state index contributed by atoms with van der Waals surface area (Å²) in [4.78, 5) is 24.5. The summed E-state index contributed by atoms with van der Waals surface area (Å²) in [6, 6.07) is 28.5. The molecule has 1 atom stereocenters. The lowest BCUT2D eigenvalue weighted by Gasteiger charge is -2.16. The van der Waals surface area contributed by atoms with Crippen molar-refractivity contribution in [1.82, 2.24) is 5.32 Å². The fourth-order valence-electron chi connectivity index (χ4n) is 3.63. The molecule has 0 fully saturated rings. The Kier molecular flexibility index (Phi) is 7.48. The largest absolute Gasteiger partial charge is 0.480 e. The summed E-state index contributed by atoms with van der Waals surface area (Å²) < 4.78 is 6.73. The lowest BCUT2D eigenvalue weighted by Crippen LogP contribution is -2.42. The van der Waals surface area contributed by atoms with Crippen molar-refractivity contribution in [1.29, 1.82) is 0 Å². The van der Waals surface area contributed by atoms with Gasteiger partial charge in [0, 0.05) is 22.1 Å². The fraction of sp³-hybridized carbons (Fsp3) is 0.0714. The third-order valence-electron chi connectivity index (χ3n) is 5.43. The van der Waals surface area contributed by atoms with Crippen LogP contribution in [0.3, 0.4) is 0 Å². The molecule has 0 radical (unpaired) electrons. The minimum absolute atomic E-state index is 0.122. The number of hydrogen-bond acceptors (Lipinski definition) is 4. The van der Waals surface area contributed by atoms with Crippen molar-refractivity contribution in [3.8, 4) is 22.6 Å². The number of halogens is 1. The maximum Gasteiger partial charge on any atom is 0.326 e. The number of aliphatic carboxylic acids is 1. The number of carbonyl (C=O) groups is 2. The van der Waals surface area contributed by atoms with Crippen molar-refractivity contribution < 1.29 is 19.4 Å². The number of benzene rings is 4. The number of carboxylic acid groups (broad SMARTS) is 1. The minimum Gasteiger partial charge on any atom is -0.480 e. The Morgan fingerprint density at radius 1 is 0.914 bits per heavy atom. The average Bonchev–Trinajstić information content (AvgIpc) is 2.86. The molecule has 7 heteroatoms. The highest BCUT2D eigenvalue weighted by Gasteiger charge is 2.22. The highest BCUT2D eigenvalue weighted by Crippen LogP contribution is 2.33. The molecule has 35 heavy (non-hydrogen) atoms. The monoisotopic (exact) mass is 530 g/mol. The Balaban J connectivity index is 1.50. The van der Waals surface area contributed by atoms with Gasteiger partial charge in [0.1, 0.15) is 17.5 Å². The summed E-state index contributed by atoms with van der Waals surface area (Å²) in [5.74, 6) is -0.214. The molecule has 6 nitrogen and oxygen atoms in total. The maximum absolute atomic E-state index is 12.7. The van der Waals surface area contributed by atoms with Crippen LogP contribution < -0.4 is 15.8 Å². The van der Waals surface area contributed by atoms with Crippen LogP contribution in [0.5, 0.6) is 11.5 Å². The van der Waals surface area contributed by atoms with Crippen molar-refractivity contribution in [2.24, 2.45) is 0 Å². The van der Waals surface area contributed by atoms with Gasteiger partial charge in [0.15, 0.2) is 0 Å². The van der Waals surface area contributed by atoms with Crippen LogP contribution in [-0.4, -0.2) is 23.0 Å². The van der Waals surface area contributed by atoms with Crippen molar-refractivity contribution in [3.63, 3.8) is 0 Å². The SMILES string of the molecule is Nc1ccc(Br)cc1C(=O)NC(Cc1ccc(-c2ccccc2Oc2ccccc2)cc1)C(=O)O. The van der Waals surface area contributed by atoms with Gasteiger partial charge in [-0.2, -0.15) is 0 Å². The van der Waals surface area contributed by atoms with E-state index < -0.39 is 17.9 Å². The number of amides is 1. The predicted octanol–water partition coefficient (Wildman–Crippen LogP) is 5.92. The smallest absolute Gasteiger partial charge is 0.326 e. The molecular formula is C28H23BrN2O4. The summed E-state index contributed by atoms with van der Waals surface area (Å²) in [6.07, 6.45) is 0.122. The molecule has 0 aromatic heterocycles. The van der Waals surface area contributed by atoms with E-state index in [9.17, 15) is 14.7 Å². The van der Waals surface area contributed by atoms with E-state index >= 15 is 0 Å². The number of rotatable bonds is 8. The molecule has 1 unspecified atom stereocenters. The molecule has 1 amide bonds. The summed E-state index contributed by atoms with van der Waals surface area (Å²) in [7, 11) is 0. The number of nitrogen functional groups attached to an aromatic ring is 1. The summed E-state index contributed by atoms with van der Waals surface area (Å²) in [5, 5.41) is 12.3. The molecular weight excluding hydrogens is 508 g/mol. The minimum atomic E-state index is -1.13. The van der Waals surface area contributed by atoms with Crippen LogP contribution in [0.15, 0.2) is 102 Å². The van der Waals surface area contributed by atoms with Crippen molar-refractivity contribution in [2.45, 2.75) is 12.5 Å². The zero-order valence-electron chi connectivity index (χ0n) is 18.6. The van der Waals surface area contributed by atoms with E-state index in [-0.39, 0.29) is 17.7 Å². The Bertz CT molecular complexity index is 1340. The van der Waals surface area contributed by atoms with E-state index in [0.717, 1.165) is 22.4 Å². The third-order valence-corrected chi connectivity index (χ3v) is 5.92. The molecule has 176 valence electrons. The number of hydrogen-bond donors (Lipinski definition) is 3. The quantitative estimate of drug-likeness (QED) is 0.245. The van der Waals surface area contributed by atoms with Gasteiger partial charge in [-0.1, -0.05) is 76.6 Å². The second kappa shape index (κ2) is 10.9. The second-order valence-corrected chi connectivity index (χ2v) is 8.82. The predicted molar refractivity (Wildman–Crippen MR) is 140 cm³/mol. The molecule has 0 aliphatic rings. The first-order valence-electron chi connectivity index (χ1n) is 10.9. The zero-order chi connectivity index (χ0) is 24.8. The van der Waals surface area contributed by atoms with E-state index in [0.29, 0.717) is 10.2 Å². The number of anilines is 1. The third kappa shape index (κ3) is 6.07. The molecule has 0 heterocycles. The molecule has 0 bridgehead atoms. The zero-order valence-corrected chi connectivity index (χ0v) is 20.2. The van der Waals surface area contributed by atoms with Crippen LogP contribution in [0.2, 0.25) is 0 Å². The number of para-hydroxylation sites is 2. The Labute approximate surface area is 211 Å². The normalized spacial score (nSPS) is 11.5.